The number of methoxy groups -OCH3 is 1. The summed E-state index contributed by atoms with van der Waals surface area (Å²) < 4.78 is 4.81. The highest BCUT2D eigenvalue weighted by molar-refractivity contribution is 7.99. The maximum absolute atomic E-state index is 11.7. The summed E-state index contributed by atoms with van der Waals surface area (Å²) in [4.78, 5) is 12.9. The lowest BCUT2D eigenvalue weighted by Gasteiger charge is -2.25. The van der Waals surface area contributed by atoms with Crippen molar-refractivity contribution in [3.05, 3.63) is 29.8 Å². The van der Waals surface area contributed by atoms with Gasteiger partial charge in [-0.25, -0.2) is 0 Å². The van der Waals surface area contributed by atoms with E-state index in [2.05, 4.69) is 24.4 Å². The second-order valence-electron chi connectivity index (χ2n) is 4.13. The molecule has 0 bridgehead atoms. The first-order chi connectivity index (χ1) is 8.03. The van der Waals surface area contributed by atoms with Crippen LogP contribution in [0, 0.1) is 6.92 Å². The average molecular weight is 253 g/mol. The molecule has 0 saturated heterocycles. The Bertz CT molecular complexity index is 395. The summed E-state index contributed by atoms with van der Waals surface area (Å²) in [5.74, 6) is 0.405. The fourth-order valence-electron chi connectivity index (χ4n) is 1.40. The van der Waals surface area contributed by atoms with Crippen LogP contribution < -0.4 is 5.32 Å². The van der Waals surface area contributed by atoms with Gasteiger partial charge >= 0.3 is 5.97 Å². The van der Waals surface area contributed by atoms with Crippen LogP contribution in [0.15, 0.2) is 29.2 Å². The molecular weight excluding hydrogens is 234 g/mol. The lowest BCUT2D eigenvalue weighted by molar-refractivity contribution is -0.146. The van der Waals surface area contributed by atoms with Gasteiger partial charge in [0.25, 0.3) is 0 Å². The van der Waals surface area contributed by atoms with Crippen LogP contribution in [-0.2, 0) is 9.53 Å². The third kappa shape index (κ3) is 3.48. The summed E-state index contributed by atoms with van der Waals surface area (Å²) in [5, 5.41) is 3.02. The number of carbonyl (C=O) groups excluding carboxylic acids is 1. The third-order valence-electron chi connectivity index (χ3n) is 2.80. The molecule has 0 saturated carbocycles. The number of carbonyl (C=O) groups is 1. The molecule has 17 heavy (non-hydrogen) atoms. The number of nitrogens with one attached hydrogen (secondary N) is 1. The molecule has 1 aromatic rings. The molecule has 0 aliphatic heterocycles. The molecule has 1 aromatic carbocycles. The van der Waals surface area contributed by atoms with Crippen molar-refractivity contribution in [1.82, 2.24) is 5.32 Å². The SMILES string of the molecule is CNC(C)(CSc1ccccc1C)C(=O)OC. The molecule has 0 spiro atoms. The van der Waals surface area contributed by atoms with Gasteiger partial charge in [-0.15, -0.1) is 11.8 Å². The summed E-state index contributed by atoms with van der Waals surface area (Å²) in [6.07, 6.45) is 0. The maximum Gasteiger partial charge on any atom is 0.326 e. The minimum absolute atomic E-state index is 0.235. The Kier molecular flexibility index (Phi) is 5.02. The number of thioether (sulfide) groups is 1. The van der Waals surface area contributed by atoms with Crippen molar-refractivity contribution in [3.8, 4) is 0 Å². The van der Waals surface area contributed by atoms with E-state index < -0.39 is 5.54 Å². The van der Waals surface area contributed by atoms with Gasteiger partial charge in [0, 0.05) is 10.6 Å². The molecule has 3 nitrogen and oxygen atoms in total. The van der Waals surface area contributed by atoms with Crippen LogP contribution in [0.25, 0.3) is 0 Å². The van der Waals surface area contributed by atoms with Crippen LogP contribution in [0.5, 0.6) is 0 Å². The number of rotatable bonds is 5. The van der Waals surface area contributed by atoms with E-state index in [1.165, 1.54) is 17.6 Å². The van der Waals surface area contributed by atoms with Crippen molar-refractivity contribution in [1.29, 1.82) is 0 Å². The molecule has 0 fully saturated rings. The summed E-state index contributed by atoms with van der Waals surface area (Å²) in [6.45, 7) is 3.92. The molecule has 0 aliphatic carbocycles. The highest BCUT2D eigenvalue weighted by atomic mass is 32.2. The van der Waals surface area contributed by atoms with Gasteiger partial charge in [-0.05, 0) is 32.5 Å². The van der Waals surface area contributed by atoms with Gasteiger partial charge in [-0.3, -0.25) is 4.79 Å². The normalized spacial score (nSPS) is 14.1. The molecule has 0 aliphatic rings. The van der Waals surface area contributed by atoms with Gasteiger partial charge in [0.15, 0.2) is 0 Å². The van der Waals surface area contributed by atoms with Crippen molar-refractivity contribution in [3.63, 3.8) is 0 Å². The van der Waals surface area contributed by atoms with E-state index in [0.717, 1.165) is 0 Å². The predicted molar refractivity (Wildman–Crippen MR) is 71.4 cm³/mol. The molecule has 0 heterocycles. The van der Waals surface area contributed by atoms with Gasteiger partial charge < -0.3 is 10.1 Å². The van der Waals surface area contributed by atoms with Crippen LogP contribution in [0.1, 0.15) is 12.5 Å². The van der Waals surface area contributed by atoms with E-state index in [1.807, 2.05) is 19.1 Å². The van der Waals surface area contributed by atoms with Crippen LogP contribution in [0.2, 0.25) is 0 Å². The van der Waals surface area contributed by atoms with E-state index >= 15 is 0 Å². The quantitative estimate of drug-likeness (QED) is 0.645. The summed E-state index contributed by atoms with van der Waals surface area (Å²) in [5.41, 5.74) is 0.572. The molecule has 1 unspecified atom stereocenters. The number of ether oxygens (including phenoxy) is 1. The molecule has 94 valence electrons. The molecule has 0 radical (unpaired) electrons. The van der Waals surface area contributed by atoms with Crippen molar-refractivity contribution in [2.45, 2.75) is 24.3 Å². The van der Waals surface area contributed by atoms with Gasteiger partial charge in [0.05, 0.1) is 7.11 Å². The van der Waals surface area contributed by atoms with Crippen LogP contribution in [-0.4, -0.2) is 31.4 Å². The number of aryl methyl sites for hydroxylation is 1. The molecule has 0 aromatic heterocycles. The standard InChI is InChI=1S/C13H19NO2S/c1-10-7-5-6-8-11(10)17-9-13(2,14-3)12(15)16-4/h5-8,14H,9H2,1-4H3. The maximum atomic E-state index is 11.7. The van der Waals surface area contributed by atoms with E-state index in [9.17, 15) is 4.79 Å². The number of likely N-dealkylation sites (N-methyl/N-ethyl adjacent to an activating group) is 1. The van der Waals surface area contributed by atoms with E-state index in [1.54, 1.807) is 18.8 Å². The van der Waals surface area contributed by atoms with Crippen molar-refractivity contribution >= 4 is 17.7 Å². The first-order valence-corrected chi connectivity index (χ1v) is 6.48. The molecule has 4 heteroatoms. The Morgan fingerprint density at radius 1 is 1.47 bits per heavy atom. The van der Waals surface area contributed by atoms with E-state index in [0.29, 0.717) is 5.75 Å². The van der Waals surface area contributed by atoms with Gasteiger partial charge in [0.1, 0.15) is 5.54 Å². The van der Waals surface area contributed by atoms with Crippen molar-refractivity contribution in [2.24, 2.45) is 0 Å². The lowest BCUT2D eigenvalue weighted by atomic mass is 10.1. The molecule has 1 atom stereocenters. The Hall–Kier alpha value is -1.00. The minimum Gasteiger partial charge on any atom is -0.468 e. The molecule has 1 N–H and O–H groups in total. The van der Waals surface area contributed by atoms with Crippen LogP contribution in [0.4, 0.5) is 0 Å². The first kappa shape index (κ1) is 14.1. The Morgan fingerprint density at radius 2 is 2.12 bits per heavy atom. The summed E-state index contributed by atoms with van der Waals surface area (Å²) >= 11 is 1.66. The largest absolute Gasteiger partial charge is 0.468 e. The second kappa shape index (κ2) is 6.07. The molecule has 1 rings (SSSR count). The third-order valence-corrected chi connectivity index (χ3v) is 4.29. The Labute approximate surface area is 107 Å². The molecular formula is C13H19NO2S. The summed E-state index contributed by atoms with van der Waals surface area (Å²) in [7, 11) is 3.19. The van der Waals surface area contributed by atoms with Gasteiger partial charge in [-0.2, -0.15) is 0 Å². The van der Waals surface area contributed by atoms with Crippen LogP contribution in [0.3, 0.4) is 0 Å². The van der Waals surface area contributed by atoms with E-state index in [4.69, 9.17) is 4.74 Å². The second-order valence-corrected chi connectivity index (χ2v) is 5.15. The minimum atomic E-state index is -0.651. The first-order valence-electron chi connectivity index (χ1n) is 5.49. The number of benzene rings is 1. The fraction of sp³-hybridized carbons (Fsp3) is 0.462. The lowest BCUT2D eigenvalue weighted by Crippen LogP contribution is -2.50. The Morgan fingerprint density at radius 3 is 2.65 bits per heavy atom. The zero-order valence-electron chi connectivity index (χ0n) is 10.7. The molecule has 0 amide bonds. The summed E-state index contributed by atoms with van der Waals surface area (Å²) in [6, 6.07) is 8.14. The van der Waals surface area contributed by atoms with Crippen molar-refractivity contribution in [2.75, 3.05) is 19.9 Å². The number of hydrogen-bond donors (Lipinski definition) is 1. The zero-order valence-corrected chi connectivity index (χ0v) is 11.6. The number of hydrogen-bond acceptors (Lipinski definition) is 4. The van der Waals surface area contributed by atoms with Crippen LogP contribution >= 0.6 is 11.8 Å². The Balaban J connectivity index is 2.72. The average Bonchev–Trinajstić information content (AvgIpc) is 2.36. The zero-order chi connectivity index (χ0) is 12.9. The predicted octanol–water partition coefficient (Wildman–Crippen LogP) is 2.24. The highest BCUT2D eigenvalue weighted by Gasteiger charge is 2.32. The fourth-order valence-corrected chi connectivity index (χ4v) is 2.58. The van der Waals surface area contributed by atoms with Crippen molar-refractivity contribution < 1.29 is 9.53 Å². The van der Waals surface area contributed by atoms with Gasteiger partial charge in [0.2, 0.25) is 0 Å². The highest BCUT2D eigenvalue weighted by Crippen LogP contribution is 2.25. The smallest absolute Gasteiger partial charge is 0.326 e. The van der Waals surface area contributed by atoms with E-state index in [-0.39, 0.29) is 5.97 Å². The number of esters is 1. The monoisotopic (exact) mass is 253 g/mol. The topological polar surface area (TPSA) is 38.3 Å². The van der Waals surface area contributed by atoms with Gasteiger partial charge in [-0.1, -0.05) is 18.2 Å².